The van der Waals surface area contributed by atoms with Gasteiger partial charge in [0.05, 0.1) is 14.2 Å². The molecule has 0 N–H and O–H groups in total. The molecule has 1 aromatic heterocycles. The second-order valence-corrected chi connectivity index (χ2v) is 5.30. The Kier molecular flexibility index (Phi) is 5.04. The normalized spacial score (nSPS) is 11.0. The maximum absolute atomic E-state index is 11.9. The molecule has 3 aromatic rings. The van der Waals surface area contributed by atoms with E-state index in [4.69, 9.17) is 18.6 Å². The van der Waals surface area contributed by atoms with E-state index in [1.807, 2.05) is 30.3 Å². The summed E-state index contributed by atoms with van der Waals surface area (Å²) in [5, 5.41) is 0.979. The maximum Gasteiger partial charge on any atom is 0.331 e. The summed E-state index contributed by atoms with van der Waals surface area (Å²) in [7, 11) is 3.14. The van der Waals surface area contributed by atoms with Crippen LogP contribution in [0.25, 0.3) is 17.0 Å². The molecule has 0 aliphatic carbocycles. The molecule has 128 valence electrons. The van der Waals surface area contributed by atoms with Gasteiger partial charge in [0.1, 0.15) is 29.4 Å². The van der Waals surface area contributed by atoms with Gasteiger partial charge in [-0.1, -0.05) is 18.2 Å². The molecule has 0 amide bonds. The third kappa shape index (κ3) is 4.01. The van der Waals surface area contributed by atoms with Crippen molar-refractivity contribution in [3.05, 3.63) is 65.9 Å². The number of methoxy groups -OCH3 is 2. The first kappa shape index (κ1) is 16.6. The lowest BCUT2D eigenvalue weighted by molar-refractivity contribution is -0.139. The fourth-order valence-corrected chi connectivity index (χ4v) is 2.41. The van der Waals surface area contributed by atoms with Gasteiger partial charge in [-0.3, -0.25) is 0 Å². The Hall–Kier alpha value is -3.21. The van der Waals surface area contributed by atoms with E-state index in [-0.39, 0.29) is 6.61 Å². The molecule has 0 saturated carbocycles. The minimum Gasteiger partial charge on any atom is -0.497 e. The summed E-state index contributed by atoms with van der Waals surface area (Å²) < 4.78 is 21.2. The Morgan fingerprint density at radius 1 is 1.08 bits per heavy atom. The standard InChI is InChI=1S/C20H18O5/c1-22-16-9-7-14(19(12-16)23-2)8-10-20(21)24-13-17-11-15-5-3-4-6-18(15)25-17/h3-12H,13H2,1-2H3/b10-8+. The van der Waals surface area contributed by atoms with Crippen molar-refractivity contribution in [2.75, 3.05) is 14.2 Å². The van der Waals surface area contributed by atoms with Gasteiger partial charge in [0.25, 0.3) is 0 Å². The van der Waals surface area contributed by atoms with Crippen LogP contribution in [-0.2, 0) is 16.1 Å². The van der Waals surface area contributed by atoms with Gasteiger partial charge in [-0.25, -0.2) is 4.79 Å². The molecule has 5 nitrogen and oxygen atoms in total. The predicted molar refractivity (Wildman–Crippen MR) is 94.6 cm³/mol. The first-order valence-corrected chi connectivity index (χ1v) is 7.74. The van der Waals surface area contributed by atoms with Crippen LogP contribution in [0.15, 0.2) is 59.0 Å². The lowest BCUT2D eigenvalue weighted by Crippen LogP contribution is -2.00. The summed E-state index contributed by atoms with van der Waals surface area (Å²) in [5.74, 6) is 1.44. The molecule has 0 saturated heterocycles. The molecule has 0 fully saturated rings. The van der Waals surface area contributed by atoms with Gasteiger partial charge in [0.2, 0.25) is 0 Å². The molecule has 0 spiro atoms. The molecule has 0 aliphatic rings. The maximum atomic E-state index is 11.9. The molecular formula is C20H18O5. The van der Waals surface area contributed by atoms with E-state index in [0.29, 0.717) is 17.3 Å². The van der Waals surface area contributed by atoms with Crippen molar-refractivity contribution in [2.45, 2.75) is 6.61 Å². The predicted octanol–water partition coefficient (Wildman–Crippen LogP) is 4.21. The highest BCUT2D eigenvalue weighted by Gasteiger charge is 2.06. The van der Waals surface area contributed by atoms with Crippen LogP contribution in [-0.4, -0.2) is 20.2 Å². The summed E-state index contributed by atoms with van der Waals surface area (Å²) >= 11 is 0. The van der Waals surface area contributed by atoms with E-state index < -0.39 is 5.97 Å². The summed E-state index contributed by atoms with van der Waals surface area (Å²) in [6.07, 6.45) is 2.99. The molecule has 25 heavy (non-hydrogen) atoms. The number of ether oxygens (including phenoxy) is 3. The summed E-state index contributed by atoms with van der Waals surface area (Å²) in [6, 6.07) is 14.8. The van der Waals surface area contributed by atoms with E-state index >= 15 is 0 Å². The second-order valence-electron chi connectivity index (χ2n) is 5.30. The summed E-state index contributed by atoms with van der Waals surface area (Å²) in [6.45, 7) is 0.0810. The number of hydrogen-bond donors (Lipinski definition) is 0. The molecule has 0 radical (unpaired) electrons. The van der Waals surface area contributed by atoms with Crippen molar-refractivity contribution in [1.82, 2.24) is 0 Å². The highest BCUT2D eigenvalue weighted by Crippen LogP contribution is 2.25. The number of esters is 1. The van der Waals surface area contributed by atoms with Crippen LogP contribution in [0.3, 0.4) is 0 Å². The average Bonchev–Trinajstić information content (AvgIpc) is 3.07. The van der Waals surface area contributed by atoms with Gasteiger partial charge in [-0.15, -0.1) is 0 Å². The van der Waals surface area contributed by atoms with E-state index in [9.17, 15) is 4.79 Å². The van der Waals surface area contributed by atoms with Crippen molar-refractivity contribution >= 4 is 23.0 Å². The average molecular weight is 338 g/mol. The number of fused-ring (bicyclic) bond motifs is 1. The molecule has 0 atom stereocenters. The van der Waals surface area contributed by atoms with E-state index in [0.717, 1.165) is 16.5 Å². The van der Waals surface area contributed by atoms with Gasteiger partial charge in [-0.2, -0.15) is 0 Å². The van der Waals surface area contributed by atoms with E-state index in [2.05, 4.69) is 0 Å². The molecule has 5 heteroatoms. The number of rotatable bonds is 6. The number of carbonyl (C=O) groups is 1. The summed E-state index contributed by atoms with van der Waals surface area (Å²) in [5.41, 5.74) is 1.52. The van der Waals surface area contributed by atoms with Crippen molar-refractivity contribution in [3.63, 3.8) is 0 Å². The number of benzene rings is 2. The smallest absolute Gasteiger partial charge is 0.331 e. The zero-order valence-electron chi connectivity index (χ0n) is 14.0. The van der Waals surface area contributed by atoms with Crippen LogP contribution in [0.5, 0.6) is 11.5 Å². The number of hydrogen-bond acceptors (Lipinski definition) is 5. The molecule has 0 aliphatic heterocycles. The molecular weight excluding hydrogens is 320 g/mol. The summed E-state index contributed by atoms with van der Waals surface area (Å²) in [4.78, 5) is 11.9. The van der Waals surface area contributed by atoms with Crippen LogP contribution in [0, 0.1) is 0 Å². The van der Waals surface area contributed by atoms with Crippen molar-refractivity contribution < 1.29 is 23.4 Å². The Morgan fingerprint density at radius 2 is 1.92 bits per heavy atom. The lowest BCUT2D eigenvalue weighted by Gasteiger charge is -2.07. The highest BCUT2D eigenvalue weighted by atomic mass is 16.5. The Bertz CT molecular complexity index is 874. The fraction of sp³-hybridized carbons (Fsp3) is 0.150. The minimum atomic E-state index is -0.460. The van der Waals surface area contributed by atoms with Crippen LogP contribution in [0.1, 0.15) is 11.3 Å². The van der Waals surface area contributed by atoms with Crippen LogP contribution >= 0.6 is 0 Å². The third-order valence-electron chi connectivity index (χ3n) is 3.67. The van der Waals surface area contributed by atoms with Gasteiger partial charge in [0, 0.05) is 23.1 Å². The van der Waals surface area contributed by atoms with Crippen molar-refractivity contribution in [3.8, 4) is 11.5 Å². The number of carbonyl (C=O) groups excluding carboxylic acids is 1. The lowest BCUT2D eigenvalue weighted by atomic mass is 10.2. The molecule has 0 unspecified atom stereocenters. The van der Waals surface area contributed by atoms with Crippen LogP contribution in [0.4, 0.5) is 0 Å². The Morgan fingerprint density at radius 3 is 2.68 bits per heavy atom. The van der Waals surface area contributed by atoms with Gasteiger partial charge >= 0.3 is 5.97 Å². The quantitative estimate of drug-likeness (QED) is 0.498. The zero-order valence-corrected chi connectivity index (χ0v) is 14.0. The minimum absolute atomic E-state index is 0.0810. The first-order chi connectivity index (χ1) is 12.2. The van der Waals surface area contributed by atoms with Crippen molar-refractivity contribution in [1.29, 1.82) is 0 Å². The first-order valence-electron chi connectivity index (χ1n) is 7.74. The van der Waals surface area contributed by atoms with E-state index in [1.54, 1.807) is 38.5 Å². The number of furan rings is 1. The second kappa shape index (κ2) is 7.57. The third-order valence-corrected chi connectivity index (χ3v) is 3.67. The number of para-hydroxylation sites is 1. The van der Waals surface area contributed by atoms with Crippen molar-refractivity contribution in [2.24, 2.45) is 0 Å². The monoisotopic (exact) mass is 338 g/mol. The van der Waals surface area contributed by atoms with Gasteiger partial charge in [0.15, 0.2) is 0 Å². The highest BCUT2D eigenvalue weighted by molar-refractivity contribution is 5.87. The molecule has 3 rings (SSSR count). The van der Waals surface area contributed by atoms with Gasteiger partial charge < -0.3 is 18.6 Å². The van der Waals surface area contributed by atoms with Crippen LogP contribution in [0.2, 0.25) is 0 Å². The Labute approximate surface area is 145 Å². The topological polar surface area (TPSA) is 57.9 Å². The Balaban J connectivity index is 1.63. The molecule has 1 heterocycles. The SMILES string of the molecule is COc1ccc(/C=C/C(=O)OCc2cc3ccccc3o2)c(OC)c1. The molecule has 0 bridgehead atoms. The van der Waals surface area contributed by atoms with Crippen LogP contribution < -0.4 is 9.47 Å². The largest absolute Gasteiger partial charge is 0.497 e. The fourth-order valence-electron chi connectivity index (χ4n) is 2.41. The zero-order chi connectivity index (χ0) is 17.6. The van der Waals surface area contributed by atoms with E-state index in [1.165, 1.54) is 6.08 Å². The van der Waals surface area contributed by atoms with Gasteiger partial charge in [-0.05, 0) is 30.3 Å². The molecule has 2 aromatic carbocycles.